The Morgan fingerprint density at radius 3 is 1.46 bits per heavy atom. The molecule has 0 aliphatic carbocycles. The van der Waals surface area contributed by atoms with Gasteiger partial charge in [-0.15, -0.1) is 0 Å². The van der Waals surface area contributed by atoms with Crippen LogP contribution in [0.15, 0.2) is 12.2 Å². The number of aliphatic hydroxyl groups excluding tert-OH is 2. The second-order valence-corrected chi connectivity index (χ2v) is 15.1. The number of allylic oxidation sites excluding steroid dienone is 2. The number of aliphatic hydroxyl groups is 2. The summed E-state index contributed by atoms with van der Waals surface area (Å²) in [5.41, 5.74) is 0. The van der Waals surface area contributed by atoms with Crippen LogP contribution in [0.25, 0.3) is 0 Å². The highest BCUT2D eigenvalue weighted by Crippen LogP contribution is 2.17. The van der Waals surface area contributed by atoms with Crippen molar-refractivity contribution in [1.29, 1.82) is 0 Å². The molecule has 0 aromatic carbocycles. The van der Waals surface area contributed by atoms with E-state index in [2.05, 4.69) is 38.2 Å². The Morgan fingerprint density at radius 1 is 0.560 bits per heavy atom. The Balaban J connectivity index is 4.57. The molecule has 0 aromatic rings. The number of unbranched alkanes of at least 4 members (excludes halogenated alkanes) is 25. The molecule has 0 rings (SSSR count). The minimum absolute atomic E-state index is 0.0797. The Morgan fingerprint density at radius 2 is 0.960 bits per heavy atom. The average molecular weight is 708 g/mol. The van der Waals surface area contributed by atoms with Gasteiger partial charge in [0, 0.05) is 6.42 Å². The molecule has 0 aromatic heterocycles. The second kappa shape index (κ2) is 38.8. The van der Waals surface area contributed by atoms with Crippen LogP contribution >= 0.6 is 0 Å². The molecule has 50 heavy (non-hydrogen) atoms. The van der Waals surface area contributed by atoms with Crippen molar-refractivity contribution in [2.45, 2.75) is 251 Å². The predicted molar refractivity (Wildman–Crippen MR) is 213 cm³/mol. The highest BCUT2D eigenvalue weighted by Gasteiger charge is 2.24. The maximum absolute atomic E-state index is 13.1. The molecule has 296 valence electrons. The summed E-state index contributed by atoms with van der Waals surface area (Å²) in [5, 5.41) is 23.5. The first-order chi connectivity index (χ1) is 24.5. The normalized spacial score (nSPS) is 13.5. The molecular weight excluding hydrogens is 622 g/mol. The molecule has 0 fully saturated rings. The maximum atomic E-state index is 13.1. The van der Waals surface area contributed by atoms with Crippen molar-refractivity contribution in [2.24, 2.45) is 0 Å². The van der Waals surface area contributed by atoms with E-state index in [1.54, 1.807) is 0 Å². The van der Waals surface area contributed by atoms with Crippen LogP contribution in [0.4, 0.5) is 0 Å². The minimum atomic E-state index is -0.779. The van der Waals surface area contributed by atoms with Crippen molar-refractivity contribution < 1.29 is 24.5 Å². The average Bonchev–Trinajstić information content (AvgIpc) is 3.10. The van der Waals surface area contributed by atoms with E-state index < -0.39 is 18.2 Å². The molecule has 6 heteroatoms. The third-order valence-electron chi connectivity index (χ3n) is 10.1. The van der Waals surface area contributed by atoms with E-state index in [4.69, 9.17) is 4.74 Å². The lowest BCUT2D eigenvalue weighted by Crippen LogP contribution is -2.46. The summed E-state index contributed by atoms with van der Waals surface area (Å²) in [5.74, 6) is -0.478. The molecule has 3 atom stereocenters. The van der Waals surface area contributed by atoms with Crippen molar-refractivity contribution in [1.82, 2.24) is 5.32 Å². The van der Waals surface area contributed by atoms with Gasteiger partial charge in [0.25, 0.3) is 0 Å². The van der Waals surface area contributed by atoms with Crippen LogP contribution in [-0.4, -0.2) is 46.9 Å². The van der Waals surface area contributed by atoms with Crippen molar-refractivity contribution in [3.8, 4) is 0 Å². The molecule has 0 heterocycles. The summed E-state index contributed by atoms with van der Waals surface area (Å²) >= 11 is 0. The molecule has 0 saturated carbocycles. The molecule has 0 aliphatic heterocycles. The number of ether oxygens (including phenoxy) is 1. The quantitative estimate of drug-likeness (QED) is 0.0336. The van der Waals surface area contributed by atoms with E-state index in [0.29, 0.717) is 19.3 Å². The summed E-state index contributed by atoms with van der Waals surface area (Å²) in [6, 6.07) is -0.693. The molecule has 0 aliphatic rings. The largest absolute Gasteiger partial charge is 0.462 e. The van der Waals surface area contributed by atoms with Crippen LogP contribution in [0, 0.1) is 0 Å². The molecule has 0 radical (unpaired) electrons. The minimum Gasteiger partial charge on any atom is -0.462 e. The highest BCUT2D eigenvalue weighted by atomic mass is 16.5. The fourth-order valence-corrected chi connectivity index (χ4v) is 6.72. The lowest BCUT2D eigenvalue weighted by atomic mass is 10.0. The van der Waals surface area contributed by atoms with Crippen molar-refractivity contribution >= 4 is 11.9 Å². The van der Waals surface area contributed by atoms with E-state index in [9.17, 15) is 19.8 Å². The SMILES string of the molecule is CCCCC/C=C\CCCCCCCC(=O)OC(CCCCCCCCCCCC)CC(=O)NC(CO)C(O)CCCCCCCCCCC. The van der Waals surface area contributed by atoms with Crippen LogP contribution in [0.5, 0.6) is 0 Å². The number of carbonyl (C=O) groups is 2. The van der Waals surface area contributed by atoms with Gasteiger partial charge in [0.05, 0.1) is 25.2 Å². The summed E-state index contributed by atoms with van der Waals surface area (Å²) in [4.78, 5) is 25.9. The zero-order valence-corrected chi connectivity index (χ0v) is 33.5. The smallest absolute Gasteiger partial charge is 0.306 e. The topological polar surface area (TPSA) is 95.9 Å². The Hall–Kier alpha value is -1.40. The molecule has 0 bridgehead atoms. The lowest BCUT2D eigenvalue weighted by Gasteiger charge is -2.24. The number of esters is 1. The first-order valence-electron chi connectivity index (χ1n) is 21.9. The number of carbonyl (C=O) groups excluding carboxylic acids is 2. The van der Waals surface area contributed by atoms with Gasteiger partial charge in [-0.05, 0) is 51.4 Å². The zero-order chi connectivity index (χ0) is 36.8. The van der Waals surface area contributed by atoms with E-state index in [0.717, 1.165) is 57.8 Å². The summed E-state index contributed by atoms with van der Waals surface area (Å²) < 4.78 is 5.88. The van der Waals surface area contributed by atoms with Gasteiger partial charge < -0.3 is 20.3 Å². The van der Waals surface area contributed by atoms with Gasteiger partial charge >= 0.3 is 5.97 Å². The monoisotopic (exact) mass is 708 g/mol. The summed E-state index contributed by atoms with van der Waals surface area (Å²) in [6.45, 7) is 6.42. The van der Waals surface area contributed by atoms with E-state index in [1.165, 1.54) is 128 Å². The van der Waals surface area contributed by atoms with Crippen molar-refractivity contribution in [3.63, 3.8) is 0 Å². The molecule has 0 saturated heterocycles. The second-order valence-electron chi connectivity index (χ2n) is 15.1. The fraction of sp³-hybridized carbons (Fsp3) is 0.909. The first-order valence-corrected chi connectivity index (χ1v) is 21.9. The Bertz CT molecular complexity index is 757. The number of nitrogens with one attached hydrogen (secondary N) is 1. The summed E-state index contributed by atoms with van der Waals surface area (Å²) in [7, 11) is 0. The number of amides is 1. The Labute approximate surface area is 310 Å². The molecule has 1 amide bonds. The first kappa shape index (κ1) is 48.6. The highest BCUT2D eigenvalue weighted by molar-refractivity contribution is 5.77. The third kappa shape index (κ3) is 33.7. The van der Waals surface area contributed by atoms with E-state index in [-0.39, 0.29) is 24.9 Å². The van der Waals surface area contributed by atoms with Gasteiger partial charge in [0.2, 0.25) is 5.91 Å². The fourth-order valence-electron chi connectivity index (χ4n) is 6.72. The maximum Gasteiger partial charge on any atom is 0.306 e. The molecule has 6 nitrogen and oxygen atoms in total. The van der Waals surface area contributed by atoms with Gasteiger partial charge in [-0.3, -0.25) is 9.59 Å². The predicted octanol–water partition coefficient (Wildman–Crippen LogP) is 12.2. The van der Waals surface area contributed by atoms with E-state index >= 15 is 0 Å². The van der Waals surface area contributed by atoms with Crippen LogP contribution in [0.1, 0.15) is 233 Å². The van der Waals surface area contributed by atoms with Gasteiger partial charge in [0.15, 0.2) is 0 Å². The zero-order valence-electron chi connectivity index (χ0n) is 33.5. The molecule has 0 spiro atoms. The van der Waals surface area contributed by atoms with Crippen LogP contribution < -0.4 is 5.32 Å². The van der Waals surface area contributed by atoms with Crippen LogP contribution in [0.2, 0.25) is 0 Å². The van der Waals surface area contributed by atoms with Crippen molar-refractivity contribution in [2.75, 3.05) is 6.61 Å². The number of hydrogen-bond acceptors (Lipinski definition) is 5. The molecule has 3 unspecified atom stereocenters. The van der Waals surface area contributed by atoms with E-state index in [1.807, 2.05) is 0 Å². The number of hydrogen-bond donors (Lipinski definition) is 3. The standard InChI is InChI=1S/C44H85NO5/c1-4-7-10-13-16-19-21-22-25-28-31-34-37-44(49)50-40(35-32-29-26-24-20-17-14-11-8-5-2)38-43(48)45-41(39-46)42(47)36-33-30-27-23-18-15-12-9-6-3/h16,19,40-42,46-47H,4-15,17-18,20-39H2,1-3H3,(H,45,48)/b19-16-. The van der Waals surface area contributed by atoms with Crippen molar-refractivity contribution in [3.05, 3.63) is 12.2 Å². The third-order valence-corrected chi connectivity index (χ3v) is 10.1. The molecular formula is C44H85NO5. The van der Waals surface area contributed by atoms with Gasteiger partial charge in [-0.2, -0.15) is 0 Å². The van der Waals surface area contributed by atoms with Gasteiger partial charge in [-0.1, -0.05) is 181 Å². The van der Waals surface area contributed by atoms with Crippen LogP contribution in [0.3, 0.4) is 0 Å². The van der Waals surface area contributed by atoms with Crippen LogP contribution in [-0.2, 0) is 14.3 Å². The Kier molecular flexibility index (Phi) is 37.7. The van der Waals surface area contributed by atoms with Gasteiger partial charge in [0.1, 0.15) is 6.10 Å². The molecule has 3 N–H and O–H groups in total. The lowest BCUT2D eigenvalue weighted by molar-refractivity contribution is -0.151. The summed E-state index contributed by atoms with van der Waals surface area (Å²) in [6.07, 6.45) is 39.8. The van der Waals surface area contributed by atoms with Gasteiger partial charge in [-0.25, -0.2) is 0 Å². The number of rotatable bonds is 39.